The summed E-state index contributed by atoms with van der Waals surface area (Å²) in [6.45, 7) is 11.3. The lowest BCUT2D eigenvalue weighted by atomic mass is 9.90. The summed E-state index contributed by atoms with van der Waals surface area (Å²) >= 11 is 0. The Kier molecular flexibility index (Phi) is 5.44. The van der Waals surface area contributed by atoms with Crippen LogP contribution in [0.15, 0.2) is 24.3 Å². The highest BCUT2D eigenvalue weighted by atomic mass is 16.2. The topological polar surface area (TPSA) is 78.5 Å². The van der Waals surface area contributed by atoms with Gasteiger partial charge < -0.3 is 10.6 Å². The van der Waals surface area contributed by atoms with Crippen LogP contribution in [-0.4, -0.2) is 34.8 Å². The zero-order valence-corrected chi connectivity index (χ0v) is 16.5. The largest absolute Gasteiger partial charge is 0.350 e. The van der Waals surface area contributed by atoms with E-state index in [1.54, 1.807) is 6.92 Å². The van der Waals surface area contributed by atoms with Gasteiger partial charge in [-0.2, -0.15) is 0 Å². The van der Waals surface area contributed by atoms with Crippen molar-refractivity contribution in [2.75, 3.05) is 6.54 Å². The van der Waals surface area contributed by atoms with E-state index < -0.39 is 17.5 Å². The zero-order valence-electron chi connectivity index (χ0n) is 16.5. The van der Waals surface area contributed by atoms with Crippen LogP contribution < -0.4 is 10.6 Å². The van der Waals surface area contributed by atoms with E-state index >= 15 is 0 Å². The molecule has 1 saturated heterocycles. The van der Waals surface area contributed by atoms with Gasteiger partial charge >= 0.3 is 6.03 Å². The van der Waals surface area contributed by atoms with E-state index in [0.29, 0.717) is 11.5 Å². The maximum absolute atomic E-state index is 12.9. The third-order valence-electron chi connectivity index (χ3n) is 5.09. The van der Waals surface area contributed by atoms with E-state index in [2.05, 4.69) is 24.5 Å². The van der Waals surface area contributed by atoms with Gasteiger partial charge in [-0.25, -0.2) is 4.79 Å². The van der Waals surface area contributed by atoms with Gasteiger partial charge in [-0.15, -0.1) is 0 Å². The molecule has 142 valence electrons. The van der Waals surface area contributed by atoms with Gasteiger partial charge in [0.05, 0.1) is 0 Å². The molecular formula is C20H29N3O3. The van der Waals surface area contributed by atoms with Gasteiger partial charge in [0.2, 0.25) is 5.91 Å². The maximum atomic E-state index is 12.9. The first kappa shape index (κ1) is 19.9. The highest BCUT2D eigenvalue weighted by Crippen LogP contribution is 2.29. The summed E-state index contributed by atoms with van der Waals surface area (Å²) in [6.07, 6.45) is 0.749. The van der Waals surface area contributed by atoms with E-state index in [9.17, 15) is 14.4 Å². The van der Waals surface area contributed by atoms with Gasteiger partial charge in [0.15, 0.2) is 0 Å². The Morgan fingerprint density at radius 2 is 1.81 bits per heavy atom. The standard InChI is InChI=1S/C20H29N3O3/c1-7-19(4,5)21-16(24)12-23-17(25)20(6,22-18(23)26)15-10-8-14(9-11-15)13(2)3/h8-11,13H,7,12H2,1-6H3,(H,21,24)(H,22,26)/t20-/m0/s1. The predicted octanol–water partition coefficient (Wildman–Crippen LogP) is 2.88. The molecule has 2 rings (SSSR count). The molecule has 0 spiro atoms. The van der Waals surface area contributed by atoms with Crippen LogP contribution in [0.25, 0.3) is 0 Å². The Morgan fingerprint density at radius 1 is 1.23 bits per heavy atom. The molecule has 0 saturated carbocycles. The van der Waals surface area contributed by atoms with E-state index in [-0.39, 0.29) is 18.0 Å². The number of urea groups is 1. The minimum absolute atomic E-state index is 0.284. The summed E-state index contributed by atoms with van der Waals surface area (Å²) in [7, 11) is 0. The molecular weight excluding hydrogens is 330 g/mol. The minimum atomic E-state index is -1.16. The van der Waals surface area contributed by atoms with Crippen LogP contribution in [0.4, 0.5) is 4.79 Å². The van der Waals surface area contributed by atoms with Gasteiger partial charge in [0, 0.05) is 5.54 Å². The van der Waals surface area contributed by atoms with Crippen LogP contribution in [0, 0.1) is 0 Å². The molecule has 1 aromatic rings. The maximum Gasteiger partial charge on any atom is 0.325 e. The van der Waals surface area contributed by atoms with Gasteiger partial charge in [0.25, 0.3) is 5.91 Å². The van der Waals surface area contributed by atoms with E-state index in [1.165, 1.54) is 0 Å². The fourth-order valence-electron chi connectivity index (χ4n) is 2.89. The molecule has 26 heavy (non-hydrogen) atoms. The molecule has 1 aromatic carbocycles. The van der Waals surface area contributed by atoms with Crippen molar-refractivity contribution in [1.29, 1.82) is 0 Å². The van der Waals surface area contributed by atoms with Crippen molar-refractivity contribution in [3.05, 3.63) is 35.4 Å². The molecule has 6 nitrogen and oxygen atoms in total. The SMILES string of the molecule is CCC(C)(C)NC(=O)CN1C(=O)N[C@@](C)(c2ccc(C(C)C)cc2)C1=O. The second-order valence-corrected chi connectivity index (χ2v) is 8.01. The summed E-state index contributed by atoms with van der Waals surface area (Å²) in [5.41, 5.74) is 0.323. The molecule has 6 heteroatoms. The molecule has 1 aliphatic rings. The molecule has 1 heterocycles. The van der Waals surface area contributed by atoms with Crippen molar-refractivity contribution in [2.45, 2.75) is 65.0 Å². The van der Waals surface area contributed by atoms with Gasteiger partial charge in [-0.3, -0.25) is 14.5 Å². The Bertz CT molecular complexity index is 710. The van der Waals surface area contributed by atoms with Gasteiger partial charge in [0.1, 0.15) is 12.1 Å². The lowest BCUT2D eigenvalue weighted by Gasteiger charge is -2.26. The summed E-state index contributed by atoms with van der Waals surface area (Å²) in [6, 6.07) is 7.09. The fourth-order valence-corrected chi connectivity index (χ4v) is 2.89. The molecule has 1 atom stereocenters. The Hall–Kier alpha value is -2.37. The van der Waals surface area contributed by atoms with Crippen LogP contribution in [0.1, 0.15) is 65.0 Å². The third-order valence-corrected chi connectivity index (χ3v) is 5.09. The normalized spacial score (nSPS) is 20.5. The molecule has 2 N–H and O–H groups in total. The number of hydrogen-bond donors (Lipinski definition) is 2. The van der Waals surface area contributed by atoms with Crippen LogP contribution in [0.2, 0.25) is 0 Å². The first-order valence-corrected chi connectivity index (χ1v) is 9.05. The first-order chi connectivity index (χ1) is 12.0. The van der Waals surface area contributed by atoms with Crippen molar-refractivity contribution in [2.24, 2.45) is 0 Å². The Morgan fingerprint density at radius 3 is 2.31 bits per heavy atom. The molecule has 4 amide bonds. The molecule has 0 bridgehead atoms. The molecule has 1 fully saturated rings. The average Bonchev–Trinajstić information content (AvgIpc) is 2.78. The third kappa shape index (κ3) is 3.89. The van der Waals surface area contributed by atoms with Gasteiger partial charge in [-0.05, 0) is 44.2 Å². The molecule has 0 unspecified atom stereocenters. The smallest absolute Gasteiger partial charge is 0.325 e. The van der Waals surface area contributed by atoms with E-state index in [1.807, 2.05) is 45.0 Å². The van der Waals surface area contributed by atoms with Crippen molar-refractivity contribution in [3.8, 4) is 0 Å². The molecule has 0 aromatic heterocycles. The number of hydrogen-bond acceptors (Lipinski definition) is 3. The molecule has 0 aliphatic carbocycles. The highest BCUT2D eigenvalue weighted by Gasteiger charge is 2.49. The second-order valence-electron chi connectivity index (χ2n) is 8.01. The summed E-state index contributed by atoms with van der Waals surface area (Å²) in [5, 5.41) is 5.58. The second kappa shape index (κ2) is 7.09. The van der Waals surface area contributed by atoms with Crippen LogP contribution in [-0.2, 0) is 15.1 Å². The van der Waals surface area contributed by atoms with Gasteiger partial charge in [-0.1, -0.05) is 45.0 Å². The van der Waals surface area contributed by atoms with Crippen molar-refractivity contribution >= 4 is 17.8 Å². The number of nitrogens with zero attached hydrogens (tertiary/aromatic N) is 1. The van der Waals surface area contributed by atoms with Crippen LogP contribution in [0.5, 0.6) is 0 Å². The molecule has 1 aliphatic heterocycles. The first-order valence-electron chi connectivity index (χ1n) is 9.05. The number of carbonyl (C=O) groups excluding carboxylic acids is 3. The minimum Gasteiger partial charge on any atom is -0.350 e. The Labute approximate surface area is 155 Å². The lowest BCUT2D eigenvalue weighted by Crippen LogP contribution is -2.49. The lowest BCUT2D eigenvalue weighted by molar-refractivity contribution is -0.135. The highest BCUT2D eigenvalue weighted by molar-refractivity contribution is 6.09. The number of nitrogens with one attached hydrogen (secondary N) is 2. The number of amides is 4. The fraction of sp³-hybridized carbons (Fsp3) is 0.550. The summed E-state index contributed by atoms with van der Waals surface area (Å²) in [5.74, 6) is -0.378. The number of imide groups is 1. The average molecular weight is 359 g/mol. The predicted molar refractivity (Wildman–Crippen MR) is 101 cm³/mol. The quantitative estimate of drug-likeness (QED) is 0.767. The summed E-state index contributed by atoms with van der Waals surface area (Å²) in [4.78, 5) is 38.5. The van der Waals surface area contributed by atoms with Crippen LogP contribution in [0.3, 0.4) is 0 Å². The van der Waals surface area contributed by atoms with Crippen LogP contribution >= 0.6 is 0 Å². The Balaban J connectivity index is 2.18. The van der Waals surface area contributed by atoms with Crippen molar-refractivity contribution in [1.82, 2.24) is 15.5 Å². The summed E-state index contributed by atoms with van der Waals surface area (Å²) < 4.78 is 0. The van der Waals surface area contributed by atoms with E-state index in [4.69, 9.17) is 0 Å². The number of rotatable bonds is 6. The van der Waals surface area contributed by atoms with Crippen molar-refractivity contribution in [3.63, 3.8) is 0 Å². The zero-order chi connectivity index (χ0) is 19.7. The number of benzene rings is 1. The molecule has 0 radical (unpaired) electrons. The van der Waals surface area contributed by atoms with E-state index in [0.717, 1.165) is 16.9 Å². The van der Waals surface area contributed by atoms with Crippen molar-refractivity contribution < 1.29 is 14.4 Å². The number of carbonyl (C=O) groups is 3. The monoisotopic (exact) mass is 359 g/mol.